The van der Waals surface area contributed by atoms with Crippen LogP contribution in [0.2, 0.25) is 0 Å². The van der Waals surface area contributed by atoms with Crippen LogP contribution in [0, 0.1) is 0 Å². The SMILES string of the molecule is CC1(C)C(=O)NC(=O)CN1C(=O)c1cccc(N)n1. The van der Waals surface area contributed by atoms with Gasteiger partial charge in [0.2, 0.25) is 5.91 Å². The van der Waals surface area contributed by atoms with Crippen LogP contribution in [0.15, 0.2) is 18.2 Å². The van der Waals surface area contributed by atoms with Gasteiger partial charge in [-0.05, 0) is 26.0 Å². The molecule has 0 bridgehead atoms. The number of hydrogen-bond donors (Lipinski definition) is 2. The Bertz CT molecular complexity index is 568. The predicted molar refractivity (Wildman–Crippen MR) is 66.9 cm³/mol. The maximum absolute atomic E-state index is 12.3. The zero-order chi connectivity index (χ0) is 14.2. The number of nitrogens with two attached hydrogens (primary N) is 1. The van der Waals surface area contributed by atoms with Crippen LogP contribution in [0.1, 0.15) is 24.3 Å². The third kappa shape index (κ3) is 2.26. The van der Waals surface area contributed by atoms with E-state index in [0.29, 0.717) is 0 Å². The van der Waals surface area contributed by atoms with Crippen molar-refractivity contribution in [3.8, 4) is 0 Å². The molecule has 1 aromatic rings. The minimum absolute atomic E-state index is 0.107. The molecule has 1 fully saturated rings. The molecule has 3 N–H and O–H groups in total. The lowest BCUT2D eigenvalue weighted by Crippen LogP contribution is -2.65. The molecule has 1 aliphatic heterocycles. The van der Waals surface area contributed by atoms with E-state index >= 15 is 0 Å². The number of piperazine rings is 1. The molecule has 0 radical (unpaired) electrons. The van der Waals surface area contributed by atoms with Gasteiger partial charge in [-0.2, -0.15) is 0 Å². The van der Waals surface area contributed by atoms with Crippen molar-refractivity contribution in [2.75, 3.05) is 12.3 Å². The summed E-state index contributed by atoms with van der Waals surface area (Å²) in [6.45, 7) is 2.95. The monoisotopic (exact) mass is 262 g/mol. The van der Waals surface area contributed by atoms with Crippen LogP contribution in [-0.2, 0) is 9.59 Å². The number of imide groups is 1. The standard InChI is InChI=1S/C12H14N4O3/c1-12(2)11(19)15-9(17)6-16(12)10(18)7-4-3-5-8(13)14-7/h3-5H,6H2,1-2H3,(H2,13,14)(H,15,17,19). The lowest BCUT2D eigenvalue weighted by molar-refractivity contribution is -0.143. The summed E-state index contributed by atoms with van der Waals surface area (Å²) in [5, 5.41) is 2.20. The van der Waals surface area contributed by atoms with E-state index in [1.165, 1.54) is 11.0 Å². The summed E-state index contributed by atoms with van der Waals surface area (Å²) in [7, 11) is 0. The molecule has 1 saturated heterocycles. The number of nitrogens with one attached hydrogen (secondary N) is 1. The fraction of sp³-hybridized carbons (Fsp3) is 0.333. The van der Waals surface area contributed by atoms with Gasteiger partial charge in [0.15, 0.2) is 0 Å². The summed E-state index contributed by atoms with van der Waals surface area (Å²) >= 11 is 0. The van der Waals surface area contributed by atoms with E-state index in [0.717, 1.165) is 0 Å². The quantitative estimate of drug-likeness (QED) is 0.666. The van der Waals surface area contributed by atoms with Crippen LogP contribution in [0.3, 0.4) is 0 Å². The molecular weight excluding hydrogens is 248 g/mol. The highest BCUT2D eigenvalue weighted by Gasteiger charge is 2.44. The first-order chi connectivity index (χ1) is 8.82. The zero-order valence-electron chi connectivity index (χ0n) is 10.6. The van der Waals surface area contributed by atoms with Gasteiger partial charge in [-0.3, -0.25) is 19.7 Å². The average Bonchev–Trinajstić information content (AvgIpc) is 2.33. The summed E-state index contributed by atoms with van der Waals surface area (Å²) in [6, 6.07) is 4.64. The van der Waals surface area contributed by atoms with Crippen LogP contribution in [0.4, 0.5) is 5.82 Å². The normalized spacial score (nSPS) is 18.1. The Labute approximate surface area is 109 Å². The Kier molecular flexibility index (Phi) is 2.97. The van der Waals surface area contributed by atoms with Gasteiger partial charge in [-0.25, -0.2) is 4.98 Å². The molecule has 7 nitrogen and oxygen atoms in total. The number of carbonyl (C=O) groups is 3. The zero-order valence-corrected chi connectivity index (χ0v) is 10.6. The van der Waals surface area contributed by atoms with Gasteiger partial charge >= 0.3 is 0 Å². The van der Waals surface area contributed by atoms with Crippen molar-refractivity contribution >= 4 is 23.5 Å². The van der Waals surface area contributed by atoms with Gasteiger partial charge < -0.3 is 10.6 Å². The van der Waals surface area contributed by atoms with Crippen LogP contribution < -0.4 is 11.1 Å². The topological polar surface area (TPSA) is 105 Å². The molecule has 2 heterocycles. The predicted octanol–water partition coefficient (Wildman–Crippen LogP) is -0.459. The molecule has 7 heteroatoms. The Morgan fingerprint density at radius 2 is 2.11 bits per heavy atom. The van der Waals surface area contributed by atoms with E-state index in [1.807, 2.05) is 0 Å². The molecule has 0 saturated carbocycles. The molecule has 100 valence electrons. The Morgan fingerprint density at radius 3 is 2.74 bits per heavy atom. The first-order valence-electron chi connectivity index (χ1n) is 5.71. The summed E-state index contributed by atoms with van der Waals surface area (Å²) in [5.41, 5.74) is 4.51. The van der Waals surface area contributed by atoms with Crippen molar-refractivity contribution in [3.05, 3.63) is 23.9 Å². The fourth-order valence-corrected chi connectivity index (χ4v) is 1.82. The van der Waals surface area contributed by atoms with E-state index in [4.69, 9.17) is 5.73 Å². The molecule has 1 aromatic heterocycles. The molecule has 1 aliphatic rings. The lowest BCUT2D eigenvalue weighted by Gasteiger charge is -2.39. The summed E-state index contributed by atoms with van der Waals surface area (Å²) < 4.78 is 0. The van der Waals surface area contributed by atoms with Gasteiger partial charge in [-0.1, -0.05) is 6.07 Å². The van der Waals surface area contributed by atoms with Crippen LogP contribution in [0.5, 0.6) is 0 Å². The number of hydrogen-bond acceptors (Lipinski definition) is 5. The van der Waals surface area contributed by atoms with Crippen LogP contribution in [-0.4, -0.2) is 39.7 Å². The Hall–Kier alpha value is -2.44. The molecule has 0 aliphatic carbocycles. The highest BCUT2D eigenvalue weighted by Crippen LogP contribution is 2.20. The molecular formula is C12H14N4O3. The van der Waals surface area contributed by atoms with E-state index in [1.54, 1.807) is 26.0 Å². The van der Waals surface area contributed by atoms with Gasteiger partial charge in [-0.15, -0.1) is 0 Å². The number of aromatic nitrogens is 1. The van der Waals surface area contributed by atoms with Crippen molar-refractivity contribution in [3.63, 3.8) is 0 Å². The average molecular weight is 262 g/mol. The number of carbonyl (C=O) groups excluding carboxylic acids is 3. The van der Waals surface area contributed by atoms with Crippen LogP contribution >= 0.6 is 0 Å². The van der Waals surface area contributed by atoms with E-state index in [-0.39, 0.29) is 18.1 Å². The number of pyridine rings is 1. The van der Waals surface area contributed by atoms with E-state index < -0.39 is 23.3 Å². The third-order valence-corrected chi connectivity index (χ3v) is 3.02. The summed E-state index contributed by atoms with van der Waals surface area (Å²) in [4.78, 5) is 40.6. The summed E-state index contributed by atoms with van der Waals surface area (Å²) in [5.74, 6) is -1.32. The molecule has 3 amide bonds. The number of amides is 3. The molecule has 0 unspecified atom stereocenters. The largest absolute Gasteiger partial charge is 0.384 e. The fourth-order valence-electron chi connectivity index (χ4n) is 1.82. The van der Waals surface area contributed by atoms with Gasteiger partial charge in [0.25, 0.3) is 11.8 Å². The van der Waals surface area contributed by atoms with Crippen molar-refractivity contribution in [2.24, 2.45) is 0 Å². The first-order valence-corrected chi connectivity index (χ1v) is 5.71. The van der Waals surface area contributed by atoms with Crippen molar-refractivity contribution in [2.45, 2.75) is 19.4 Å². The van der Waals surface area contributed by atoms with Gasteiger partial charge in [0, 0.05) is 0 Å². The highest BCUT2D eigenvalue weighted by atomic mass is 16.2. The minimum Gasteiger partial charge on any atom is -0.384 e. The lowest BCUT2D eigenvalue weighted by atomic mass is 9.98. The highest BCUT2D eigenvalue weighted by molar-refractivity contribution is 6.08. The maximum Gasteiger partial charge on any atom is 0.273 e. The molecule has 19 heavy (non-hydrogen) atoms. The number of nitrogens with zero attached hydrogens (tertiary/aromatic N) is 2. The molecule has 0 aromatic carbocycles. The van der Waals surface area contributed by atoms with Crippen molar-refractivity contribution in [1.29, 1.82) is 0 Å². The second-order valence-electron chi connectivity index (χ2n) is 4.78. The minimum atomic E-state index is -1.11. The van der Waals surface area contributed by atoms with E-state index in [9.17, 15) is 14.4 Å². The second-order valence-corrected chi connectivity index (χ2v) is 4.78. The number of anilines is 1. The first kappa shape index (κ1) is 13.0. The Morgan fingerprint density at radius 1 is 1.42 bits per heavy atom. The molecule has 0 spiro atoms. The Balaban J connectivity index is 2.36. The second kappa shape index (κ2) is 4.34. The van der Waals surface area contributed by atoms with E-state index in [2.05, 4.69) is 10.3 Å². The number of rotatable bonds is 1. The number of nitrogen functional groups attached to an aromatic ring is 1. The third-order valence-electron chi connectivity index (χ3n) is 3.02. The van der Waals surface area contributed by atoms with Gasteiger partial charge in [0.1, 0.15) is 23.6 Å². The maximum atomic E-state index is 12.3. The smallest absolute Gasteiger partial charge is 0.273 e. The molecule has 2 rings (SSSR count). The van der Waals surface area contributed by atoms with Crippen molar-refractivity contribution in [1.82, 2.24) is 15.2 Å². The van der Waals surface area contributed by atoms with Crippen molar-refractivity contribution < 1.29 is 14.4 Å². The molecule has 0 atom stereocenters. The van der Waals surface area contributed by atoms with Gasteiger partial charge in [0.05, 0.1) is 0 Å². The van der Waals surface area contributed by atoms with Crippen LogP contribution in [0.25, 0.3) is 0 Å². The summed E-state index contributed by atoms with van der Waals surface area (Å²) in [6.07, 6.45) is 0.